The average Bonchev–Trinajstić information content (AvgIpc) is 3.07. The number of halogens is 2. The number of nitrogens with zero attached hydrogens (tertiary/aromatic N) is 4. The van der Waals surface area contributed by atoms with E-state index in [1.807, 2.05) is 0 Å². The van der Waals surface area contributed by atoms with Crippen molar-refractivity contribution < 1.29 is 22.4 Å². The molecule has 0 unspecified atom stereocenters. The van der Waals surface area contributed by atoms with Crippen LogP contribution in [0.1, 0.15) is 52.7 Å². The van der Waals surface area contributed by atoms with E-state index in [0.717, 1.165) is 0 Å². The quantitative estimate of drug-likeness (QED) is 0.379. The summed E-state index contributed by atoms with van der Waals surface area (Å²) in [6.45, 7) is 6.51. The highest BCUT2D eigenvalue weighted by Gasteiger charge is 2.53. The summed E-state index contributed by atoms with van der Waals surface area (Å²) in [5.74, 6) is 0. The van der Waals surface area contributed by atoms with Crippen molar-refractivity contribution >= 4 is 7.60 Å². The smallest absolute Gasteiger partial charge is 0.302 e. The van der Waals surface area contributed by atoms with Crippen LogP contribution in [-0.4, -0.2) is 42.4 Å². The normalized spacial score (nSPS) is 12.8. The molecule has 0 spiro atoms. The van der Waals surface area contributed by atoms with Gasteiger partial charge in [0, 0.05) is 25.2 Å². The first-order chi connectivity index (χ1) is 14.4. The molecule has 0 amide bonds. The third-order valence-electron chi connectivity index (χ3n) is 4.03. The number of aromatic amines is 1. The zero-order chi connectivity index (χ0) is 23.2. The van der Waals surface area contributed by atoms with Gasteiger partial charge in [0.05, 0.1) is 24.9 Å². The van der Waals surface area contributed by atoms with Crippen molar-refractivity contribution in [2.75, 3.05) is 0 Å². The van der Waals surface area contributed by atoms with E-state index in [2.05, 4.69) is 15.3 Å². The third-order valence-corrected chi connectivity index (χ3v) is 6.45. The van der Waals surface area contributed by atoms with Crippen LogP contribution in [0, 0.1) is 0 Å². The third kappa shape index (κ3) is 7.19. The Morgan fingerprint density at radius 1 is 1.16 bits per heavy atom. The van der Waals surface area contributed by atoms with E-state index in [1.54, 1.807) is 6.20 Å². The molecule has 2 aromatic rings. The second-order valence-electron chi connectivity index (χ2n) is 7.64. The zero-order valence-electron chi connectivity index (χ0n) is 18.0. The van der Waals surface area contributed by atoms with Crippen molar-refractivity contribution in [3.05, 3.63) is 45.0 Å². The Bertz CT molecular complexity index is 1000. The highest BCUT2D eigenvalue weighted by Crippen LogP contribution is 2.65. The van der Waals surface area contributed by atoms with Crippen molar-refractivity contribution in [1.29, 1.82) is 0 Å². The standard InChI is InChI=1S/C18H28F2N5O5P/c1-13(2)29-31(28,30-14(3)4)18(19,20)8-5-6-9-25-12-15(22-23-25)11-24-10-7-16(26)21-17(24)27/h7,10,12-14H,5-6,8-9,11H2,1-4H3,(H,21,26,27). The Labute approximate surface area is 178 Å². The van der Waals surface area contributed by atoms with E-state index < -0.39 is 43.1 Å². The van der Waals surface area contributed by atoms with Gasteiger partial charge in [-0.3, -0.25) is 23.6 Å². The van der Waals surface area contributed by atoms with E-state index >= 15 is 0 Å². The Morgan fingerprint density at radius 3 is 2.39 bits per heavy atom. The van der Waals surface area contributed by atoms with Crippen LogP contribution in [0.25, 0.3) is 0 Å². The fourth-order valence-corrected chi connectivity index (χ4v) is 4.65. The number of aryl methyl sites for hydroxylation is 1. The van der Waals surface area contributed by atoms with Gasteiger partial charge in [-0.05, 0) is 40.5 Å². The number of nitrogens with one attached hydrogen (secondary N) is 1. The number of hydrogen-bond donors (Lipinski definition) is 1. The summed E-state index contributed by atoms with van der Waals surface area (Å²) in [5, 5.41) is 7.84. The molecule has 1 N–H and O–H groups in total. The van der Waals surface area contributed by atoms with Gasteiger partial charge in [-0.2, -0.15) is 8.78 Å². The molecule has 2 aromatic heterocycles. The molecule has 10 nitrogen and oxygen atoms in total. The lowest BCUT2D eigenvalue weighted by molar-refractivity contribution is 0.0121. The van der Waals surface area contributed by atoms with E-state index in [4.69, 9.17) is 9.05 Å². The van der Waals surface area contributed by atoms with Gasteiger partial charge >= 0.3 is 18.9 Å². The van der Waals surface area contributed by atoms with Gasteiger partial charge in [0.1, 0.15) is 5.69 Å². The summed E-state index contributed by atoms with van der Waals surface area (Å²) in [7, 11) is -4.62. The van der Waals surface area contributed by atoms with Crippen LogP contribution in [0.2, 0.25) is 0 Å². The lowest BCUT2D eigenvalue weighted by Gasteiger charge is -2.29. The number of aromatic nitrogens is 5. The van der Waals surface area contributed by atoms with Crippen LogP contribution in [-0.2, 0) is 26.7 Å². The summed E-state index contributed by atoms with van der Waals surface area (Å²) in [6, 6.07) is 1.22. The summed E-state index contributed by atoms with van der Waals surface area (Å²) in [4.78, 5) is 24.9. The first kappa shape index (κ1) is 25.1. The number of hydrogen-bond acceptors (Lipinski definition) is 7. The number of H-pyrrole nitrogens is 1. The molecular formula is C18H28F2N5O5P. The van der Waals surface area contributed by atoms with Crippen LogP contribution >= 0.6 is 7.60 Å². The highest BCUT2D eigenvalue weighted by molar-refractivity contribution is 7.55. The number of alkyl halides is 2. The van der Waals surface area contributed by atoms with Gasteiger partial charge in [0.25, 0.3) is 5.56 Å². The molecule has 31 heavy (non-hydrogen) atoms. The van der Waals surface area contributed by atoms with Gasteiger partial charge in [-0.1, -0.05) is 5.21 Å². The van der Waals surface area contributed by atoms with E-state index in [0.29, 0.717) is 18.7 Å². The first-order valence-electron chi connectivity index (χ1n) is 9.95. The molecule has 0 atom stereocenters. The largest absolute Gasteiger partial charge is 0.400 e. The Hall–Kier alpha value is -2.17. The maximum Gasteiger partial charge on any atom is 0.400 e. The van der Waals surface area contributed by atoms with Crippen LogP contribution in [0.3, 0.4) is 0 Å². The molecule has 0 aromatic carbocycles. The lowest BCUT2D eigenvalue weighted by Crippen LogP contribution is -2.28. The summed E-state index contributed by atoms with van der Waals surface area (Å²) >= 11 is 0. The summed E-state index contributed by atoms with van der Waals surface area (Å²) in [5.41, 5.74) is -4.20. The summed E-state index contributed by atoms with van der Waals surface area (Å²) < 4.78 is 54.7. The van der Waals surface area contributed by atoms with E-state index in [1.165, 1.54) is 49.2 Å². The maximum atomic E-state index is 14.6. The topological polar surface area (TPSA) is 121 Å². The van der Waals surface area contributed by atoms with Crippen molar-refractivity contribution in [3.8, 4) is 0 Å². The molecule has 0 aliphatic carbocycles. The van der Waals surface area contributed by atoms with Crippen molar-refractivity contribution in [2.45, 2.75) is 77.9 Å². The highest BCUT2D eigenvalue weighted by atomic mass is 31.2. The van der Waals surface area contributed by atoms with Crippen LogP contribution in [0.15, 0.2) is 28.0 Å². The molecule has 0 aliphatic heterocycles. The average molecular weight is 463 g/mol. The molecule has 0 radical (unpaired) electrons. The molecule has 0 saturated carbocycles. The molecule has 0 fully saturated rings. The summed E-state index contributed by atoms with van der Waals surface area (Å²) in [6.07, 6.45) is 1.34. The molecule has 13 heteroatoms. The minimum absolute atomic E-state index is 0.0640. The van der Waals surface area contributed by atoms with Gasteiger partial charge in [0.2, 0.25) is 0 Å². The number of unbranched alkanes of at least 4 members (excludes halogenated alkanes) is 1. The molecule has 2 rings (SSSR count). The SMILES string of the molecule is CC(C)OP(=O)(OC(C)C)C(F)(F)CCCCn1cc(Cn2ccc(=O)[nH]c2=O)nn1. The minimum Gasteiger partial charge on any atom is -0.302 e. The molecule has 2 heterocycles. The van der Waals surface area contributed by atoms with Gasteiger partial charge in [-0.15, -0.1) is 5.10 Å². The fraction of sp³-hybridized carbons (Fsp3) is 0.667. The zero-order valence-corrected chi connectivity index (χ0v) is 18.8. The van der Waals surface area contributed by atoms with Gasteiger partial charge < -0.3 is 9.05 Å². The van der Waals surface area contributed by atoms with E-state index in [-0.39, 0.29) is 13.0 Å². The Kier molecular flexibility index (Phi) is 8.44. The lowest BCUT2D eigenvalue weighted by atomic mass is 10.2. The predicted molar refractivity (Wildman–Crippen MR) is 109 cm³/mol. The van der Waals surface area contributed by atoms with Crippen molar-refractivity contribution in [1.82, 2.24) is 24.5 Å². The first-order valence-corrected chi connectivity index (χ1v) is 11.5. The second kappa shape index (κ2) is 10.4. The molecule has 0 bridgehead atoms. The molecular weight excluding hydrogens is 435 g/mol. The molecule has 0 saturated heterocycles. The second-order valence-corrected chi connectivity index (χ2v) is 9.71. The monoisotopic (exact) mass is 463 g/mol. The Morgan fingerprint density at radius 2 is 1.81 bits per heavy atom. The fourth-order valence-electron chi connectivity index (χ4n) is 2.75. The molecule has 0 aliphatic rings. The van der Waals surface area contributed by atoms with Crippen LogP contribution in [0.5, 0.6) is 0 Å². The van der Waals surface area contributed by atoms with Crippen LogP contribution < -0.4 is 11.2 Å². The maximum absolute atomic E-state index is 14.6. The Balaban J connectivity index is 1.91. The van der Waals surface area contributed by atoms with E-state index in [9.17, 15) is 22.9 Å². The van der Waals surface area contributed by atoms with Crippen molar-refractivity contribution in [3.63, 3.8) is 0 Å². The minimum atomic E-state index is -4.62. The predicted octanol–water partition coefficient (Wildman–Crippen LogP) is 2.98. The van der Waals surface area contributed by atoms with Gasteiger partial charge in [0.15, 0.2) is 0 Å². The van der Waals surface area contributed by atoms with Crippen molar-refractivity contribution in [2.24, 2.45) is 0 Å². The van der Waals surface area contributed by atoms with Gasteiger partial charge in [-0.25, -0.2) is 4.79 Å². The van der Waals surface area contributed by atoms with Crippen LogP contribution in [0.4, 0.5) is 8.78 Å². The molecule has 174 valence electrons. The number of rotatable bonds is 12.